The minimum absolute atomic E-state index is 0.0724. The number of hydrogen-bond donors (Lipinski definition) is 3. The van der Waals surface area contributed by atoms with E-state index in [1.807, 2.05) is 21.1 Å². The van der Waals surface area contributed by atoms with E-state index in [4.69, 9.17) is 9.05 Å². The molecule has 0 aromatic heterocycles. The molecule has 326 valence electrons. The molecule has 0 rings (SSSR count). The zero-order valence-electron chi connectivity index (χ0n) is 36.9. The Bertz CT molecular complexity index is 953. The highest BCUT2D eigenvalue weighted by Gasteiger charge is 2.28. The van der Waals surface area contributed by atoms with Gasteiger partial charge in [0.25, 0.3) is 0 Å². The molecule has 3 N–H and O–H groups in total. The molecule has 0 radical (unpaired) electrons. The molecular weight excluding hydrogens is 707 g/mol. The number of carbonyl (C=O) groups excluding carboxylic acids is 1. The SMILES string of the molecule is CCCCCC/C=C\C/C=C\CCCCCCCC(=O)NC(COP(=O)(O)OCC[N+](C)(C)C)C(O)CCCCCCCCCCCCCCCCCCC. The Morgan fingerprint density at radius 1 is 0.618 bits per heavy atom. The molecule has 55 heavy (non-hydrogen) atoms. The fourth-order valence-corrected chi connectivity index (χ4v) is 7.46. The van der Waals surface area contributed by atoms with Gasteiger partial charge in [-0.3, -0.25) is 13.8 Å². The highest BCUT2D eigenvalue weighted by Crippen LogP contribution is 2.43. The van der Waals surface area contributed by atoms with Crippen LogP contribution in [0, 0.1) is 0 Å². The van der Waals surface area contributed by atoms with Gasteiger partial charge in [-0.25, -0.2) is 4.57 Å². The highest BCUT2D eigenvalue weighted by atomic mass is 31.2. The smallest absolute Gasteiger partial charge is 0.391 e. The molecule has 0 bridgehead atoms. The van der Waals surface area contributed by atoms with Crippen molar-refractivity contribution in [3.8, 4) is 0 Å². The second-order valence-electron chi connectivity index (χ2n) is 17.1. The molecule has 3 unspecified atom stereocenters. The third-order valence-electron chi connectivity index (χ3n) is 10.5. The van der Waals surface area contributed by atoms with Crippen LogP contribution in [0.25, 0.3) is 0 Å². The van der Waals surface area contributed by atoms with Crippen LogP contribution in [0.15, 0.2) is 24.3 Å². The zero-order valence-corrected chi connectivity index (χ0v) is 37.8. The molecule has 0 saturated heterocycles. The molecule has 3 atom stereocenters. The minimum atomic E-state index is -4.32. The Morgan fingerprint density at radius 3 is 1.51 bits per heavy atom. The zero-order chi connectivity index (χ0) is 40.7. The average Bonchev–Trinajstić information content (AvgIpc) is 3.13. The summed E-state index contributed by atoms with van der Waals surface area (Å²) in [6, 6.07) is -0.765. The van der Waals surface area contributed by atoms with Crippen LogP contribution in [-0.4, -0.2) is 73.4 Å². The van der Waals surface area contributed by atoms with E-state index in [1.54, 1.807) is 0 Å². The third-order valence-corrected chi connectivity index (χ3v) is 11.4. The second-order valence-corrected chi connectivity index (χ2v) is 18.6. The van der Waals surface area contributed by atoms with E-state index in [2.05, 4.69) is 43.5 Å². The number of unbranched alkanes of at least 4 members (excludes halogenated alkanes) is 25. The van der Waals surface area contributed by atoms with Gasteiger partial charge in [0.2, 0.25) is 5.91 Å². The van der Waals surface area contributed by atoms with Crippen molar-refractivity contribution in [1.29, 1.82) is 0 Å². The molecule has 0 aromatic carbocycles. The first kappa shape index (κ1) is 54.0. The van der Waals surface area contributed by atoms with Gasteiger partial charge < -0.3 is 19.8 Å². The van der Waals surface area contributed by atoms with Crippen molar-refractivity contribution in [1.82, 2.24) is 5.32 Å². The predicted octanol–water partition coefficient (Wildman–Crippen LogP) is 12.9. The van der Waals surface area contributed by atoms with E-state index < -0.39 is 20.0 Å². The first-order chi connectivity index (χ1) is 26.5. The lowest BCUT2D eigenvalue weighted by molar-refractivity contribution is -0.870. The maximum absolute atomic E-state index is 12.9. The monoisotopic (exact) mass is 800 g/mol. The van der Waals surface area contributed by atoms with Gasteiger partial charge in [-0.1, -0.05) is 186 Å². The lowest BCUT2D eigenvalue weighted by atomic mass is 10.0. The molecule has 0 aliphatic rings. The maximum Gasteiger partial charge on any atom is 0.472 e. The van der Waals surface area contributed by atoms with E-state index in [1.165, 1.54) is 122 Å². The van der Waals surface area contributed by atoms with E-state index in [9.17, 15) is 19.4 Å². The Kier molecular flexibility index (Phi) is 37.8. The normalized spacial score (nSPS) is 14.5. The number of allylic oxidation sites excluding steroid dienone is 4. The van der Waals surface area contributed by atoms with Crippen LogP contribution in [0.2, 0.25) is 0 Å². The van der Waals surface area contributed by atoms with Crippen LogP contribution in [0.5, 0.6) is 0 Å². The molecule has 0 aliphatic heterocycles. The van der Waals surface area contributed by atoms with Gasteiger partial charge in [0.05, 0.1) is 39.9 Å². The largest absolute Gasteiger partial charge is 0.472 e. The molecule has 0 heterocycles. The number of rotatable bonds is 42. The molecule has 0 aliphatic carbocycles. The van der Waals surface area contributed by atoms with Crippen molar-refractivity contribution < 1.29 is 32.9 Å². The third kappa shape index (κ3) is 41.0. The Balaban J connectivity index is 4.36. The minimum Gasteiger partial charge on any atom is -0.391 e. The van der Waals surface area contributed by atoms with E-state index >= 15 is 0 Å². The van der Waals surface area contributed by atoms with Crippen molar-refractivity contribution in [2.45, 2.75) is 225 Å². The van der Waals surface area contributed by atoms with Crippen LogP contribution in [0.3, 0.4) is 0 Å². The number of amides is 1. The van der Waals surface area contributed by atoms with Gasteiger partial charge in [0, 0.05) is 6.42 Å². The van der Waals surface area contributed by atoms with Crippen molar-refractivity contribution in [2.24, 2.45) is 0 Å². The Hall–Kier alpha value is -1.02. The molecule has 0 spiro atoms. The van der Waals surface area contributed by atoms with Crippen LogP contribution in [0.1, 0.15) is 213 Å². The molecule has 0 saturated carbocycles. The van der Waals surface area contributed by atoms with Gasteiger partial charge in [0.1, 0.15) is 13.2 Å². The molecule has 1 amide bonds. The number of quaternary nitrogens is 1. The summed E-state index contributed by atoms with van der Waals surface area (Å²) in [6.07, 6.45) is 44.8. The number of likely N-dealkylation sites (N-methyl/N-ethyl adjacent to an activating group) is 1. The standard InChI is InChI=1S/C46H91N2O6P/c1-6-8-10-12-14-16-18-20-22-24-25-27-29-31-33-35-37-39-45(49)44(43-54-55(51,52)53-42-41-48(3,4)5)47-46(50)40-38-36-34-32-30-28-26-23-21-19-17-15-13-11-9-7-2/h17,19,23,26,44-45,49H,6-16,18,20-22,24-25,27-43H2,1-5H3,(H-,47,50,51,52)/p+1/b19-17-,26-23-. The van der Waals surface area contributed by atoms with Crippen LogP contribution in [0.4, 0.5) is 0 Å². The number of nitrogens with one attached hydrogen (secondary N) is 1. The average molecular weight is 800 g/mol. The van der Waals surface area contributed by atoms with Crippen molar-refractivity contribution >= 4 is 13.7 Å². The fraction of sp³-hybridized carbons (Fsp3) is 0.891. The number of phosphoric acid groups is 1. The summed E-state index contributed by atoms with van der Waals surface area (Å²) in [6.45, 7) is 4.87. The van der Waals surface area contributed by atoms with Gasteiger partial charge in [-0.05, 0) is 44.9 Å². The number of carbonyl (C=O) groups is 1. The van der Waals surface area contributed by atoms with Crippen molar-refractivity contribution in [3.63, 3.8) is 0 Å². The van der Waals surface area contributed by atoms with Gasteiger partial charge in [-0.2, -0.15) is 0 Å². The molecular formula is C46H92N2O6P+. The molecule has 9 heteroatoms. The van der Waals surface area contributed by atoms with Crippen LogP contribution >= 0.6 is 7.82 Å². The predicted molar refractivity (Wildman–Crippen MR) is 235 cm³/mol. The summed E-state index contributed by atoms with van der Waals surface area (Å²) in [7, 11) is 1.61. The van der Waals surface area contributed by atoms with Crippen LogP contribution < -0.4 is 5.32 Å². The van der Waals surface area contributed by atoms with Gasteiger partial charge in [0.15, 0.2) is 0 Å². The Labute approximate surface area is 341 Å². The second kappa shape index (κ2) is 38.5. The fourth-order valence-electron chi connectivity index (χ4n) is 6.72. The van der Waals surface area contributed by atoms with Crippen LogP contribution in [-0.2, 0) is 18.4 Å². The Morgan fingerprint density at radius 2 is 1.04 bits per heavy atom. The van der Waals surface area contributed by atoms with Crippen molar-refractivity contribution in [3.05, 3.63) is 24.3 Å². The number of aliphatic hydroxyl groups is 1. The first-order valence-corrected chi connectivity index (χ1v) is 24.7. The lowest BCUT2D eigenvalue weighted by Gasteiger charge is -2.26. The summed E-state index contributed by atoms with van der Waals surface area (Å²) in [4.78, 5) is 23.2. The van der Waals surface area contributed by atoms with E-state index in [-0.39, 0.29) is 19.1 Å². The number of hydrogen-bond acceptors (Lipinski definition) is 5. The van der Waals surface area contributed by atoms with E-state index in [0.717, 1.165) is 64.2 Å². The summed E-state index contributed by atoms with van der Waals surface area (Å²) < 4.78 is 23.6. The highest BCUT2D eigenvalue weighted by molar-refractivity contribution is 7.47. The van der Waals surface area contributed by atoms with Gasteiger partial charge >= 0.3 is 7.82 Å². The van der Waals surface area contributed by atoms with E-state index in [0.29, 0.717) is 23.9 Å². The quantitative estimate of drug-likeness (QED) is 0.0246. The molecule has 0 aromatic rings. The lowest BCUT2D eigenvalue weighted by Crippen LogP contribution is -2.46. The molecule has 8 nitrogen and oxygen atoms in total. The van der Waals surface area contributed by atoms with Gasteiger partial charge in [-0.15, -0.1) is 0 Å². The topological polar surface area (TPSA) is 105 Å². The summed E-state index contributed by atoms with van der Waals surface area (Å²) in [5, 5.41) is 14.0. The number of nitrogens with zero attached hydrogens (tertiary/aromatic N) is 1. The molecule has 0 fully saturated rings. The summed E-state index contributed by atoms with van der Waals surface area (Å²) in [5.41, 5.74) is 0. The number of aliphatic hydroxyl groups excluding tert-OH is 1. The van der Waals surface area contributed by atoms with Crippen molar-refractivity contribution in [2.75, 3.05) is 40.9 Å². The summed E-state index contributed by atoms with van der Waals surface area (Å²) in [5.74, 6) is -0.157. The summed E-state index contributed by atoms with van der Waals surface area (Å²) >= 11 is 0. The number of phosphoric ester groups is 1. The maximum atomic E-state index is 12.9. The first-order valence-electron chi connectivity index (χ1n) is 23.2.